The first-order chi connectivity index (χ1) is 11.6. The summed E-state index contributed by atoms with van der Waals surface area (Å²) < 4.78 is 8.04. The van der Waals surface area contributed by atoms with Crippen LogP contribution in [0.15, 0.2) is 48.7 Å². The molecule has 1 heterocycles. The topological polar surface area (TPSA) is 40.2 Å². The molecule has 1 unspecified atom stereocenters. The summed E-state index contributed by atoms with van der Waals surface area (Å²) in [4.78, 5) is 0. The predicted octanol–water partition coefficient (Wildman–Crippen LogP) is 4.17. The van der Waals surface area contributed by atoms with Crippen LogP contribution in [0, 0.1) is 6.92 Å². The van der Waals surface area contributed by atoms with Gasteiger partial charge in [0.1, 0.15) is 5.75 Å². The van der Waals surface area contributed by atoms with E-state index in [-0.39, 0.29) is 5.92 Å². The minimum Gasteiger partial charge on any atom is -0.494 e. The van der Waals surface area contributed by atoms with E-state index in [1.807, 2.05) is 6.92 Å². The van der Waals surface area contributed by atoms with E-state index in [9.17, 15) is 0 Å². The van der Waals surface area contributed by atoms with Crippen LogP contribution in [-0.2, 0) is 13.5 Å². The molecule has 0 fully saturated rings. The van der Waals surface area contributed by atoms with Crippen LogP contribution in [0.4, 0.5) is 0 Å². The molecule has 0 bridgehead atoms. The molecule has 0 aliphatic rings. The van der Waals surface area contributed by atoms with Crippen molar-refractivity contribution in [3.63, 3.8) is 0 Å². The van der Waals surface area contributed by atoms with E-state index in [0.717, 1.165) is 12.2 Å². The standard InChI is InChI=1S/C21H26N2O/c1-4-24-21-10-9-15(2)11-19(21)16(13-22)12-17-14-23(3)20-8-6-5-7-18(17)20/h5-11,14,16H,4,12-13,22H2,1-3H3. The lowest BCUT2D eigenvalue weighted by atomic mass is 9.90. The third-order valence-electron chi connectivity index (χ3n) is 4.64. The summed E-state index contributed by atoms with van der Waals surface area (Å²) in [5, 5.41) is 1.31. The average molecular weight is 322 g/mol. The van der Waals surface area contributed by atoms with E-state index >= 15 is 0 Å². The van der Waals surface area contributed by atoms with Crippen molar-refractivity contribution in [2.45, 2.75) is 26.2 Å². The van der Waals surface area contributed by atoms with Crippen molar-refractivity contribution in [1.82, 2.24) is 4.57 Å². The monoisotopic (exact) mass is 322 g/mol. The molecule has 3 rings (SSSR count). The molecule has 2 N–H and O–H groups in total. The van der Waals surface area contributed by atoms with Crippen LogP contribution in [0.25, 0.3) is 10.9 Å². The van der Waals surface area contributed by atoms with Crippen LogP contribution in [0.3, 0.4) is 0 Å². The number of ether oxygens (including phenoxy) is 1. The van der Waals surface area contributed by atoms with Gasteiger partial charge in [0.2, 0.25) is 0 Å². The first-order valence-electron chi connectivity index (χ1n) is 8.60. The van der Waals surface area contributed by atoms with Crippen molar-refractivity contribution in [2.24, 2.45) is 12.8 Å². The van der Waals surface area contributed by atoms with Crippen LogP contribution < -0.4 is 10.5 Å². The minimum atomic E-state index is 0.247. The zero-order valence-corrected chi connectivity index (χ0v) is 14.8. The second kappa shape index (κ2) is 7.10. The van der Waals surface area contributed by atoms with Crippen LogP contribution >= 0.6 is 0 Å². The summed E-state index contributed by atoms with van der Waals surface area (Å²) in [6.07, 6.45) is 3.14. The fourth-order valence-corrected chi connectivity index (χ4v) is 3.45. The smallest absolute Gasteiger partial charge is 0.122 e. The third-order valence-corrected chi connectivity index (χ3v) is 4.64. The molecule has 1 aromatic heterocycles. The van der Waals surface area contributed by atoms with Gasteiger partial charge in [0.25, 0.3) is 0 Å². The molecule has 0 aliphatic heterocycles. The van der Waals surface area contributed by atoms with Crippen molar-refractivity contribution in [3.8, 4) is 5.75 Å². The van der Waals surface area contributed by atoms with Gasteiger partial charge in [-0.3, -0.25) is 0 Å². The normalized spacial score (nSPS) is 12.5. The molecular formula is C21H26N2O. The molecular weight excluding hydrogens is 296 g/mol. The minimum absolute atomic E-state index is 0.247. The number of hydrogen-bond donors (Lipinski definition) is 1. The van der Waals surface area contributed by atoms with E-state index in [1.54, 1.807) is 0 Å². The van der Waals surface area contributed by atoms with Crippen LogP contribution in [-0.4, -0.2) is 17.7 Å². The van der Waals surface area contributed by atoms with E-state index in [0.29, 0.717) is 13.2 Å². The highest BCUT2D eigenvalue weighted by atomic mass is 16.5. The predicted molar refractivity (Wildman–Crippen MR) is 101 cm³/mol. The fourth-order valence-electron chi connectivity index (χ4n) is 3.45. The highest BCUT2D eigenvalue weighted by Crippen LogP contribution is 2.32. The number of nitrogens with two attached hydrogens (primary N) is 1. The molecule has 3 nitrogen and oxygen atoms in total. The SMILES string of the molecule is CCOc1ccc(C)cc1C(CN)Cc1cn(C)c2ccccc12. The largest absolute Gasteiger partial charge is 0.494 e. The number of nitrogens with zero attached hydrogens (tertiary/aromatic N) is 1. The van der Waals surface area contributed by atoms with Gasteiger partial charge in [0.15, 0.2) is 0 Å². The molecule has 0 saturated heterocycles. The number of hydrogen-bond acceptors (Lipinski definition) is 2. The van der Waals surface area contributed by atoms with Gasteiger partial charge >= 0.3 is 0 Å². The van der Waals surface area contributed by atoms with Gasteiger partial charge in [0.05, 0.1) is 6.61 Å². The van der Waals surface area contributed by atoms with E-state index in [4.69, 9.17) is 10.5 Å². The van der Waals surface area contributed by atoms with Gasteiger partial charge in [-0.25, -0.2) is 0 Å². The molecule has 0 amide bonds. The summed E-state index contributed by atoms with van der Waals surface area (Å²) in [6.45, 7) is 5.41. The Morgan fingerprint density at radius 1 is 1.17 bits per heavy atom. The van der Waals surface area contributed by atoms with Gasteiger partial charge in [-0.15, -0.1) is 0 Å². The average Bonchev–Trinajstić information content (AvgIpc) is 2.91. The van der Waals surface area contributed by atoms with Crippen molar-refractivity contribution >= 4 is 10.9 Å². The fraction of sp³-hybridized carbons (Fsp3) is 0.333. The quantitative estimate of drug-likeness (QED) is 0.740. The number of aromatic nitrogens is 1. The molecule has 24 heavy (non-hydrogen) atoms. The molecule has 3 heteroatoms. The lowest BCUT2D eigenvalue weighted by molar-refractivity contribution is 0.334. The number of para-hydroxylation sites is 1. The maximum atomic E-state index is 6.16. The summed E-state index contributed by atoms with van der Waals surface area (Å²) in [5.41, 5.74) is 11.2. The van der Waals surface area contributed by atoms with Gasteiger partial charge in [-0.1, -0.05) is 35.9 Å². The zero-order valence-electron chi connectivity index (χ0n) is 14.8. The molecule has 0 saturated carbocycles. The highest BCUT2D eigenvalue weighted by Gasteiger charge is 2.18. The van der Waals surface area contributed by atoms with Crippen molar-refractivity contribution in [3.05, 3.63) is 65.4 Å². The summed E-state index contributed by atoms with van der Waals surface area (Å²) in [5.74, 6) is 1.20. The van der Waals surface area contributed by atoms with Crippen LogP contribution in [0.5, 0.6) is 5.75 Å². The van der Waals surface area contributed by atoms with E-state index in [2.05, 4.69) is 67.2 Å². The molecule has 126 valence electrons. The summed E-state index contributed by atoms with van der Waals surface area (Å²) in [6, 6.07) is 14.9. The molecule has 2 aromatic carbocycles. The second-order valence-electron chi connectivity index (χ2n) is 6.39. The van der Waals surface area contributed by atoms with Crippen molar-refractivity contribution in [1.29, 1.82) is 0 Å². The summed E-state index contributed by atoms with van der Waals surface area (Å²) in [7, 11) is 2.10. The number of aryl methyl sites for hydroxylation is 2. The van der Waals surface area contributed by atoms with E-state index in [1.165, 1.54) is 27.6 Å². The second-order valence-corrected chi connectivity index (χ2v) is 6.39. The number of benzene rings is 2. The Balaban J connectivity index is 1.99. The molecule has 0 radical (unpaired) electrons. The van der Waals surface area contributed by atoms with Crippen molar-refractivity contribution < 1.29 is 4.74 Å². The Kier molecular flexibility index (Phi) is 4.91. The first kappa shape index (κ1) is 16.6. The maximum Gasteiger partial charge on any atom is 0.122 e. The maximum absolute atomic E-state index is 6.16. The molecule has 3 aromatic rings. The summed E-state index contributed by atoms with van der Waals surface area (Å²) >= 11 is 0. The van der Waals surface area contributed by atoms with Crippen LogP contribution in [0.1, 0.15) is 29.5 Å². The van der Waals surface area contributed by atoms with Crippen molar-refractivity contribution in [2.75, 3.05) is 13.2 Å². The number of rotatable bonds is 6. The van der Waals surface area contributed by atoms with Gasteiger partial charge in [-0.05, 0) is 50.1 Å². The Hall–Kier alpha value is -2.26. The third kappa shape index (κ3) is 3.17. The van der Waals surface area contributed by atoms with Gasteiger partial charge < -0.3 is 15.0 Å². The zero-order chi connectivity index (χ0) is 17.1. The van der Waals surface area contributed by atoms with Crippen LogP contribution in [0.2, 0.25) is 0 Å². The number of fused-ring (bicyclic) bond motifs is 1. The van der Waals surface area contributed by atoms with Gasteiger partial charge in [0, 0.05) is 30.1 Å². The Labute approximate surface area is 144 Å². The molecule has 0 spiro atoms. The molecule has 1 atom stereocenters. The lowest BCUT2D eigenvalue weighted by Gasteiger charge is -2.19. The molecule has 0 aliphatic carbocycles. The highest BCUT2D eigenvalue weighted by molar-refractivity contribution is 5.84. The first-order valence-corrected chi connectivity index (χ1v) is 8.60. The van der Waals surface area contributed by atoms with Gasteiger partial charge in [-0.2, -0.15) is 0 Å². The Bertz CT molecular complexity index is 835. The lowest BCUT2D eigenvalue weighted by Crippen LogP contribution is -2.16. The Morgan fingerprint density at radius 2 is 1.96 bits per heavy atom. The Morgan fingerprint density at radius 3 is 2.71 bits per heavy atom. The van der Waals surface area contributed by atoms with E-state index < -0.39 is 0 Å².